The minimum atomic E-state index is 0.639. The molecule has 130 valence electrons. The van der Waals surface area contributed by atoms with Crippen LogP contribution in [-0.4, -0.2) is 30.6 Å². The topological polar surface area (TPSA) is 28.6 Å². The van der Waals surface area contributed by atoms with Crippen LogP contribution in [0.4, 0.5) is 11.4 Å². The molecule has 1 atom stereocenters. The molecule has 4 rings (SSSR count). The molecule has 0 N–H and O–H groups in total. The molecule has 1 aromatic heterocycles. The minimum Gasteiger partial charge on any atom is -0.481 e. The Hall–Kier alpha value is -2.14. The molecule has 5 heteroatoms. The highest BCUT2D eigenvalue weighted by molar-refractivity contribution is 8.08. The summed E-state index contributed by atoms with van der Waals surface area (Å²) in [4.78, 5) is 10.4. The van der Waals surface area contributed by atoms with Crippen LogP contribution in [-0.2, 0) is 0 Å². The van der Waals surface area contributed by atoms with Crippen molar-refractivity contribution < 1.29 is 4.74 Å². The van der Waals surface area contributed by atoms with Crippen LogP contribution in [0.1, 0.15) is 25.3 Å². The summed E-state index contributed by atoms with van der Waals surface area (Å²) < 4.78 is 5.14. The Balaban J connectivity index is 1.55. The third-order valence-electron chi connectivity index (χ3n) is 4.91. The number of anilines is 2. The van der Waals surface area contributed by atoms with Gasteiger partial charge in [0, 0.05) is 52.9 Å². The molecule has 4 nitrogen and oxygen atoms in total. The van der Waals surface area contributed by atoms with E-state index in [0.717, 1.165) is 18.0 Å². The molecule has 0 radical (unpaired) electrons. The van der Waals surface area contributed by atoms with Gasteiger partial charge < -0.3 is 14.5 Å². The van der Waals surface area contributed by atoms with E-state index >= 15 is 0 Å². The standard InChI is InChI=1S/C20H23N3OS/c1-15-5-4-10-23(15)18-7-3-6-17(11-18)22-13-19(25-14-22)16-8-9-20(24-2)21-12-16/h3,6-9,11-13,15H,4-5,10,14H2,1-2H3/t15-/m0/s1. The van der Waals surface area contributed by atoms with Crippen LogP contribution in [0.2, 0.25) is 0 Å². The number of methoxy groups -OCH3 is 1. The lowest BCUT2D eigenvalue weighted by Crippen LogP contribution is -2.26. The van der Waals surface area contributed by atoms with Gasteiger partial charge in [0.1, 0.15) is 0 Å². The molecule has 25 heavy (non-hydrogen) atoms. The molecule has 2 aliphatic rings. The predicted molar refractivity (Wildman–Crippen MR) is 106 cm³/mol. The van der Waals surface area contributed by atoms with E-state index in [1.807, 2.05) is 24.0 Å². The Morgan fingerprint density at radius 2 is 2.08 bits per heavy atom. The Kier molecular flexibility index (Phi) is 4.57. The lowest BCUT2D eigenvalue weighted by Gasteiger charge is -2.25. The van der Waals surface area contributed by atoms with Crippen molar-refractivity contribution in [3.05, 3.63) is 54.4 Å². The average Bonchev–Trinajstić information content (AvgIpc) is 3.31. The second-order valence-corrected chi connectivity index (χ2v) is 7.52. The molecule has 0 saturated carbocycles. The first kappa shape index (κ1) is 16.3. The van der Waals surface area contributed by atoms with E-state index < -0.39 is 0 Å². The summed E-state index contributed by atoms with van der Waals surface area (Å²) in [6.45, 7) is 3.48. The van der Waals surface area contributed by atoms with Crippen LogP contribution in [0.15, 0.2) is 48.8 Å². The van der Waals surface area contributed by atoms with Gasteiger partial charge in [-0.1, -0.05) is 6.07 Å². The van der Waals surface area contributed by atoms with Crippen molar-refractivity contribution in [1.29, 1.82) is 0 Å². The van der Waals surface area contributed by atoms with E-state index in [2.05, 4.69) is 58.2 Å². The third-order valence-corrected chi connectivity index (χ3v) is 5.97. The molecule has 1 aromatic carbocycles. The van der Waals surface area contributed by atoms with Gasteiger partial charge in [0.25, 0.3) is 0 Å². The number of nitrogens with zero attached hydrogens (tertiary/aromatic N) is 3. The van der Waals surface area contributed by atoms with Gasteiger partial charge >= 0.3 is 0 Å². The molecule has 0 bridgehead atoms. The summed E-state index contributed by atoms with van der Waals surface area (Å²) in [5.41, 5.74) is 3.72. The van der Waals surface area contributed by atoms with Crippen molar-refractivity contribution in [3.8, 4) is 5.88 Å². The Labute approximate surface area is 153 Å². The second-order valence-electron chi connectivity index (χ2n) is 6.53. The van der Waals surface area contributed by atoms with E-state index in [1.165, 1.54) is 29.1 Å². The predicted octanol–water partition coefficient (Wildman–Crippen LogP) is 4.59. The van der Waals surface area contributed by atoms with Gasteiger partial charge in [-0.3, -0.25) is 0 Å². The van der Waals surface area contributed by atoms with E-state index in [0.29, 0.717) is 11.9 Å². The lowest BCUT2D eigenvalue weighted by molar-refractivity contribution is 0.398. The maximum absolute atomic E-state index is 5.14. The van der Waals surface area contributed by atoms with Gasteiger partial charge in [0.05, 0.1) is 13.0 Å². The van der Waals surface area contributed by atoms with Gasteiger partial charge in [-0.05, 0) is 44.0 Å². The number of thioether (sulfide) groups is 1. The number of aromatic nitrogens is 1. The van der Waals surface area contributed by atoms with E-state index in [9.17, 15) is 0 Å². The quantitative estimate of drug-likeness (QED) is 0.802. The SMILES string of the molecule is COc1ccc(C2=CN(c3cccc(N4CCC[C@@H]4C)c3)CS2)cn1. The van der Waals surface area contributed by atoms with Gasteiger partial charge in [0.2, 0.25) is 5.88 Å². The summed E-state index contributed by atoms with van der Waals surface area (Å²) in [5.74, 6) is 1.58. The molecular weight excluding hydrogens is 330 g/mol. The monoisotopic (exact) mass is 353 g/mol. The first-order chi connectivity index (χ1) is 12.2. The van der Waals surface area contributed by atoms with Crippen LogP contribution in [0.3, 0.4) is 0 Å². The van der Waals surface area contributed by atoms with E-state index in [4.69, 9.17) is 4.74 Å². The van der Waals surface area contributed by atoms with Crippen molar-refractivity contribution in [2.24, 2.45) is 0 Å². The maximum atomic E-state index is 5.14. The molecule has 2 aliphatic heterocycles. The van der Waals surface area contributed by atoms with E-state index in [-0.39, 0.29) is 0 Å². The normalized spacial score (nSPS) is 20.1. The lowest BCUT2D eigenvalue weighted by atomic mass is 10.2. The largest absolute Gasteiger partial charge is 0.481 e. The van der Waals surface area contributed by atoms with Gasteiger partial charge in [0.15, 0.2) is 0 Å². The number of pyridine rings is 1. The van der Waals surface area contributed by atoms with Crippen LogP contribution in [0.25, 0.3) is 4.91 Å². The van der Waals surface area contributed by atoms with Crippen molar-refractivity contribution in [2.75, 3.05) is 29.3 Å². The fourth-order valence-corrected chi connectivity index (χ4v) is 4.47. The van der Waals surface area contributed by atoms with Crippen molar-refractivity contribution in [3.63, 3.8) is 0 Å². The Morgan fingerprint density at radius 3 is 2.80 bits per heavy atom. The first-order valence-electron chi connectivity index (χ1n) is 8.73. The first-order valence-corrected chi connectivity index (χ1v) is 9.71. The van der Waals surface area contributed by atoms with E-state index in [1.54, 1.807) is 7.11 Å². The number of ether oxygens (including phenoxy) is 1. The molecular formula is C20H23N3OS. The molecule has 0 unspecified atom stereocenters. The highest BCUT2D eigenvalue weighted by Gasteiger charge is 2.22. The molecule has 0 amide bonds. The zero-order valence-corrected chi connectivity index (χ0v) is 15.5. The highest BCUT2D eigenvalue weighted by Crippen LogP contribution is 2.38. The van der Waals surface area contributed by atoms with Gasteiger partial charge in [-0.2, -0.15) is 0 Å². The van der Waals surface area contributed by atoms with Crippen molar-refractivity contribution >= 4 is 28.0 Å². The van der Waals surface area contributed by atoms with Crippen molar-refractivity contribution in [2.45, 2.75) is 25.8 Å². The molecule has 1 saturated heterocycles. The zero-order valence-electron chi connectivity index (χ0n) is 14.7. The Morgan fingerprint density at radius 1 is 1.20 bits per heavy atom. The van der Waals surface area contributed by atoms with Crippen LogP contribution in [0.5, 0.6) is 5.88 Å². The molecule has 3 heterocycles. The second kappa shape index (κ2) is 7.00. The number of benzene rings is 1. The zero-order chi connectivity index (χ0) is 17.2. The van der Waals surface area contributed by atoms with Gasteiger partial charge in [-0.25, -0.2) is 4.98 Å². The average molecular weight is 353 g/mol. The smallest absolute Gasteiger partial charge is 0.212 e. The molecule has 1 fully saturated rings. The van der Waals surface area contributed by atoms with Crippen molar-refractivity contribution in [1.82, 2.24) is 4.98 Å². The summed E-state index contributed by atoms with van der Waals surface area (Å²) in [6.07, 6.45) is 6.68. The summed E-state index contributed by atoms with van der Waals surface area (Å²) in [6, 6.07) is 13.5. The molecule has 2 aromatic rings. The summed E-state index contributed by atoms with van der Waals surface area (Å²) >= 11 is 1.84. The van der Waals surface area contributed by atoms with Crippen LogP contribution in [0, 0.1) is 0 Å². The fraction of sp³-hybridized carbons (Fsp3) is 0.350. The summed E-state index contributed by atoms with van der Waals surface area (Å²) in [7, 11) is 1.64. The highest BCUT2D eigenvalue weighted by atomic mass is 32.2. The minimum absolute atomic E-state index is 0.639. The Bertz CT molecular complexity index is 775. The van der Waals surface area contributed by atoms with Crippen LogP contribution >= 0.6 is 11.8 Å². The van der Waals surface area contributed by atoms with Crippen LogP contribution < -0.4 is 14.5 Å². The number of rotatable bonds is 4. The fourth-order valence-electron chi connectivity index (χ4n) is 3.48. The molecule has 0 aliphatic carbocycles. The number of hydrogen-bond acceptors (Lipinski definition) is 5. The molecule has 0 spiro atoms. The number of hydrogen-bond donors (Lipinski definition) is 0. The van der Waals surface area contributed by atoms with Gasteiger partial charge in [-0.15, -0.1) is 11.8 Å². The maximum Gasteiger partial charge on any atom is 0.212 e. The summed E-state index contributed by atoms with van der Waals surface area (Å²) in [5, 5.41) is 0. The third kappa shape index (κ3) is 3.33.